The Labute approximate surface area is 138 Å². The molecule has 1 aliphatic rings. The summed E-state index contributed by atoms with van der Waals surface area (Å²) in [7, 11) is -4.11. The summed E-state index contributed by atoms with van der Waals surface area (Å²) in [6.07, 6.45) is 0.894. The minimum absolute atomic E-state index is 0.0771. The second-order valence-corrected chi connectivity index (χ2v) is 7.46. The van der Waals surface area contributed by atoms with Gasteiger partial charge in [-0.3, -0.25) is 4.79 Å². The number of sulfonamides is 1. The van der Waals surface area contributed by atoms with Gasteiger partial charge in [0.25, 0.3) is 0 Å². The van der Waals surface area contributed by atoms with Crippen molar-refractivity contribution in [3.05, 3.63) is 22.2 Å². The molecule has 0 saturated carbocycles. The van der Waals surface area contributed by atoms with Crippen LogP contribution < -0.4 is 0 Å². The van der Waals surface area contributed by atoms with Crippen LogP contribution >= 0.6 is 23.2 Å². The third kappa shape index (κ3) is 3.17. The number of carbonyl (C=O) groups is 1. The number of hydrogen-bond donors (Lipinski definition) is 1. The predicted molar refractivity (Wildman–Crippen MR) is 81.7 cm³/mol. The molecule has 0 aliphatic carbocycles. The molecule has 0 bridgehead atoms. The summed E-state index contributed by atoms with van der Waals surface area (Å²) in [5.41, 5.74) is 0. The maximum atomic E-state index is 12.7. The van der Waals surface area contributed by atoms with E-state index >= 15 is 0 Å². The number of benzene rings is 1. The van der Waals surface area contributed by atoms with Gasteiger partial charge in [-0.05, 0) is 31.9 Å². The van der Waals surface area contributed by atoms with E-state index in [1.54, 1.807) is 6.92 Å². The SMILES string of the molecule is CCOC(=O)[C@@H]1CCCN1S(=O)(=O)c1cc(Cl)cc(Cl)c1O. The third-order valence-corrected chi connectivity index (χ3v) is 5.77. The third-order valence-electron chi connectivity index (χ3n) is 3.34. The van der Waals surface area contributed by atoms with Gasteiger partial charge in [0.2, 0.25) is 10.0 Å². The second-order valence-electron chi connectivity index (χ2n) is 4.76. The van der Waals surface area contributed by atoms with Crippen molar-refractivity contribution in [1.29, 1.82) is 0 Å². The number of phenols is 1. The van der Waals surface area contributed by atoms with E-state index in [1.807, 2.05) is 0 Å². The molecule has 1 saturated heterocycles. The van der Waals surface area contributed by atoms with E-state index in [9.17, 15) is 18.3 Å². The lowest BCUT2D eigenvalue weighted by Crippen LogP contribution is -2.41. The minimum Gasteiger partial charge on any atom is -0.505 e. The van der Waals surface area contributed by atoms with Crippen LogP contribution in [0, 0.1) is 0 Å². The summed E-state index contributed by atoms with van der Waals surface area (Å²) in [6, 6.07) is 1.45. The van der Waals surface area contributed by atoms with Gasteiger partial charge >= 0.3 is 5.97 Å². The van der Waals surface area contributed by atoms with Crippen molar-refractivity contribution in [1.82, 2.24) is 4.31 Å². The van der Waals surface area contributed by atoms with Gasteiger partial charge in [0.1, 0.15) is 10.9 Å². The molecule has 1 heterocycles. The maximum Gasteiger partial charge on any atom is 0.324 e. The number of halogens is 2. The molecule has 22 heavy (non-hydrogen) atoms. The fraction of sp³-hybridized carbons (Fsp3) is 0.462. The normalized spacial score (nSPS) is 19.3. The molecule has 0 amide bonds. The molecular weight excluding hydrogens is 353 g/mol. The zero-order chi connectivity index (χ0) is 16.5. The maximum absolute atomic E-state index is 12.7. The van der Waals surface area contributed by atoms with Crippen LogP contribution in [0.2, 0.25) is 10.0 Å². The van der Waals surface area contributed by atoms with Crippen LogP contribution in [0.25, 0.3) is 0 Å². The summed E-state index contributed by atoms with van der Waals surface area (Å²) >= 11 is 11.6. The van der Waals surface area contributed by atoms with Gasteiger partial charge in [-0.2, -0.15) is 4.31 Å². The second kappa shape index (κ2) is 6.62. The fourth-order valence-electron chi connectivity index (χ4n) is 2.37. The van der Waals surface area contributed by atoms with Crippen molar-refractivity contribution in [2.45, 2.75) is 30.7 Å². The molecule has 9 heteroatoms. The Morgan fingerprint density at radius 2 is 2.14 bits per heavy atom. The lowest BCUT2D eigenvalue weighted by atomic mass is 10.2. The summed E-state index contributed by atoms with van der Waals surface area (Å²) in [5, 5.41) is 9.84. The molecule has 0 radical (unpaired) electrons. The van der Waals surface area contributed by atoms with Gasteiger partial charge in [-0.15, -0.1) is 0 Å². The van der Waals surface area contributed by atoms with Crippen molar-refractivity contribution >= 4 is 39.2 Å². The van der Waals surface area contributed by atoms with Crippen molar-refractivity contribution in [3.63, 3.8) is 0 Å². The van der Waals surface area contributed by atoms with E-state index in [0.29, 0.717) is 12.8 Å². The van der Waals surface area contributed by atoms with Crippen molar-refractivity contribution in [2.75, 3.05) is 13.2 Å². The Morgan fingerprint density at radius 1 is 1.45 bits per heavy atom. The van der Waals surface area contributed by atoms with E-state index in [4.69, 9.17) is 27.9 Å². The molecule has 122 valence electrons. The zero-order valence-electron chi connectivity index (χ0n) is 11.8. The highest BCUT2D eigenvalue weighted by Crippen LogP contribution is 2.37. The highest BCUT2D eigenvalue weighted by Gasteiger charge is 2.41. The van der Waals surface area contributed by atoms with Gasteiger partial charge in [0, 0.05) is 11.6 Å². The minimum atomic E-state index is -4.11. The number of hydrogen-bond acceptors (Lipinski definition) is 5. The first kappa shape index (κ1) is 17.3. The van der Waals surface area contributed by atoms with Gasteiger partial charge in [0.05, 0.1) is 11.6 Å². The topological polar surface area (TPSA) is 83.9 Å². The van der Waals surface area contributed by atoms with Gasteiger partial charge in [-0.1, -0.05) is 23.2 Å². The fourth-order valence-corrected chi connectivity index (χ4v) is 4.76. The first-order valence-corrected chi connectivity index (χ1v) is 8.85. The smallest absolute Gasteiger partial charge is 0.324 e. The molecular formula is C13H15Cl2NO5S. The van der Waals surface area contributed by atoms with E-state index < -0.39 is 32.7 Å². The van der Waals surface area contributed by atoms with E-state index in [-0.39, 0.29) is 23.2 Å². The molecule has 1 aromatic rings. The Hall–Kier alpha value is -1.02. The molecule has 0 spiro atoms. The standard InChI is InChI=1S/C13H15Cl2NO5S/c1-2-21-13(18)10-4-3-5-16(10)22(19,20)11-7-8(14)6-9(15)12(11)17/h6-7,10,17H,2-5H2,1H3/t10-/m0/s1. The van der Waals surface area contributed by atoms with E-state index in [2.05, 4.69) is 0 Å². The van der Waals surface area contributed by atoms with E-state index in [0.717, 1.165) is 10.4 Å². The molecule has 6 nitrogen and oxygen atoms in total. The van der Waals surface area contributed by atoms with Gasteiger partial charge in [0.15, 0.2) is 5.75 Å². The molecule has 1 N–H and O–H groups in total. The van der Waals surface area contributed by atoms with Gasteiger partial charge in [-0.25, -0.2) is 8.42 Å². The number of aromatic hydroxyl groups is 1. The van der Waals surface area contributed by atoms with Crippen LogP contribution in [-0.4, -0.2) is 43.0 Å². The number of nitrogens with zero attached hydrogens (tertiary/aromatic N) is 1. The molecule has 1 aromatic carbocycles. The summed E-state index contributed by atoms with van der Waals surface area (Å²) in [5.74, 6) is -1.18. The number of phenolic OH excluding ortho intramolecular Hbond substituents is 1. The Kier molecular flexibility index (Phi) is 5.21. The molecule has 2 rings (SSSR count). The first-order valence-electron chi connectivity index (χ1n) is 6.65. The quantitative estimate of drug-likeness (QED) is 0.826. The number of rotatable bonds is 4. The summed E-state index contributed by atoms with van der Waals surface area (Å²) < 4.78 is 31.4. The van der Waals surface area contributed by atoms with Crippen LogP contribution in [0.4, 0.5) is 0 Å². The van der Waals surface area contributed by atoms with Crippen molar-refractivity contribution in [3.8, 4) is 5.75 Å². The molecule has 1 atom stereocenters. The monoisotopic (exact) mass is 367 g/mol. The van der Waals surface area contributed by atoms with Crippen LogP contribution in [0.1, 0.15) is 19.8 Å². The zero-order valence-corrected chi connectivity index (χ0v) is 14.1. The summed E-state index contributed by atoms with van der Waals surface area (Å²) in [6.45, 7) is 1.97. The Balaban J connectivity index is 2.44. The van der Waals surface area contributed by atoms with Crippen LogP contribution in [0.3, 0.4) is 0 Å². The Bertz CT molecular complexity index is 692. The van der Waals surface area contributed by atoms with Crippen LogP contribution in [0.15, 0.2) is 17.0 Å². The van der Waals surface area contributed by atoms with Gasteiger partial charge < -0.3 is 9.84 Å². The number of carbonyl (C=O) groups excluding carboxylic acids is 1. The number of esters is 1. The average Bonchev–Trinajstić information content (AvgIpc) is 2.93. The molecule has 1 aliphatic heterocycles. The predicted octanol–water partition coefficient (Wildman–Crippen LogP) is 2.42. The molecule has 1 fully saturated rings. The largest absolute Gasteiger partial charge is 0.505 e. The molecule has 0 aromatic heterocycles. The lowest BCUT2D eigenvalue weighted by Gasteiger charge is -2.23. The number of ether oxygens (including phenoxy) is 1. The lowest BCUT2D eigenvalue weighted by molar-refractivity contribution is -0.146. The highest BCUT2D eigenvalue weighted by molar-refractivity contribution is 7.89. The Morgan fingerprint density at radius 3 is 2.77 bits per heavy atom. The molecule has 0 unspecified atom stereocenters. The highest BCUT2D eigenvalue weighted by atomic mass is 35.5. The van der Waals surface area contributed by atoms with Crippen molar-refractivity contribution in [2.24, 2.45) is 0 Å². The van der Waals surface area contributed by atoms with Crippen LogP contribution in [-0.2, 0) is 19.6 Å². The van der Waals surface area contributed by atoms with Crippen molar-refractivity contribution < 1.29 is 23.1 Å². The first-order chi connectivity index (χ1) is 10.3. The van der Waals surface area contributed by atoms with Crippen LogP contribution in [0.5, 0.6) is 5.75 Å². The summed E-state index contributed by atoms with van der Waals surface area (Å²) in [4.78, 5) is 11.5. The average molecular weight is 368 g/mol. The van der Waals surface area contributed by atoms with E-state index in [1.165, 1.54) is 6.07 Å².